The second-order valence-electron chi connectivity index (χ2n) is 10.1. The van der Waals surface area contributed by atoms with E-state index >= 15 is 0 Å². The van der Waals surface area contributed by atoms with Gasteiger partial charge in [-0.3, -0.25) is 9.69 Å². The van der Waals surface area contributed by atoms with Crippen LogP contribution in [0, 0.1) is 30.6 Å². The van der Waals surface area contributed by atoms with Gasteiger partial charge >= 0.3 is 0 Å². The highest BCUT2D eigenvalue weighted by molar-refractivity contribution is 7.12. The van der Waals surface area contributed by atoms with Gasteiger partial charge in [0, 0.05) is 45.8 Å². The number of hydrogen-bond donors (Lipinski definition) is 1. The normalized spacial score (nSPS) is 29.2. The Morgan fingerprint density at radius 1 is 1.31 bits per heavy atom. The first kappa shape index (κ1) is 21.6. The van der Waals surface area contributed by atoms with Crippen LogP contribution < -0.4 is 5.32 Å². The molecule has 5 atom stereocenters. The SMILES string of the molecule is Cc1ccc([C@H](CCN2C3CC(n4c(C)nnc4C(C)C)CC34CC24)NC(=O)CC#N)s1. The lowest BCUT2D eigenvalue weighted by Gasteiger charge is -2.44. The molecule has 1 N–H and O–H groups in total. The fraction of sp³-hybridized carbons (Fsp3) is 0.667. The lowest BCUT2D eigenvalue weighted by Crippen LogP contribution is -2.53. The molecule has 5 rings (SSSR count). The predicted octanol–water partition coefficient (Wildman–Crippen LogP) is 4.02. The summed E-state index contributed by atoms with van der Waals surface area (Å²) in [7, 11) is 0. The maximum atomic E-state index is 12.2. The molecule has 3 fully saturated rings. The average molecular weight is 453 g/mol. The van der Waals surface area contributed by atoms with Crippen molar-refractivity contribution in [2.45, 2.75) is 89.9 Å². The number of aromatic nitrogens is 3. The second kappa shape index (κ2) is 7.96. The molecule has 2 aromatic rings. The summed E-state index contributed by atoms with van der Waals surface area (Å²) in [6.45, 7) is 9.54. The Balaban J connectivity index is 1.26. The molecule has 0 radical (unpaired) electrons. The standard InChI is InChI=1S/C24H32N6OS/c1-14(2)23-28-27-16(4)30(23)17-11-20-24(12-17)13-21(24)29(20)10-8-18(26-22(31)7-9-25)19-6-5-15(3)32-19/h5-6,14,17-18,20-21H,7-8,10-13H2,1-4H3,(H,26,31)/t17?,18-,20?,21?,24?/m0/s1. The molecule has 3 heterocycles. The van der Waals surface area contributed by atoms with Crippen LogP contribution in [0.2, 0.25) is 0 Å². The first-order valence-corrected chi connectivity index (χ1v) is 12.6. The van der Waals surface area contributed by atoms with Gasteiger partial charge in [0.05, 0.1) is 12.1 Å². The largest absolute Gasteiger partial charge is 0.348 e. The van der Waals surface area contributed by atoms with Gasteiger partial charge < -0.3 is 9.88 Å². The number of carbonyl (C=O) groups is 1. The van der Waals surface area contributed by atoms with Crippen molar-refractivity contribution in [1.82, 2.24) is 25.0 Å². The van der Waals surface area contributed by atoms with Gasteiger partial charge in [-0.25, -0.2) is 0 Å². The molecule has 0 bridgehead atoms. The lowest BCUT2D eigenvalue weighted by atomic mass is 9.89. The zero-order valence-corrected chi connectivity index (χ0v) is 20.2. The number of amides is 1. The molecule has 2 aliphatic carbocycles. The Labute approximate surface area is 193 Å². The van der Waals surface area contributed by atoms with E-state index in [1.54, 1.807) is 11.3 Å². The van der Waals surface area contributed by atoms with Gasteiger partial charge in [-0.05, 0) is 51.7 Å². The molecule has 1 amide bonds. The number of carbonyl (C=O) groups excluding carboxylic acids is 1. The maximum Gasteiger partial charge on any atom is 0.234 e. The monoisotopic (exact) mass is 452 g/mol. The molecule has 1 spiro atoms. The molecule has 8 heteroatoms. The Morgan fingerprint density at radius 2 is 2.12 bits per heavy atom. The molecule has 170 valence electrons. The van der Waals surface area contributed by atoms with Gasteiger partial charge in [0.1, 0.15) is 18.1 Å². The lowest BCUT2D eigenvalue weighted by molar-refractivity contribution is -0.121. The number of nitrogens with zero attached hydrogens (tertiary/aromatic N) is 5. The van der Waals surface area contributed by atoms with E-state index in [-0.39, 0.29) is 18.4 Å². The number of nitrogens with one attached hydrogen (secondary N) is 1. The topological polar surface area (TPSA) is 86.8 Å². The fourth-order valence-corrected chi connectivity index (χ4v) is 7.30. The molecule has 32 heavy (non-hydrogen) atoms. The van der Waals surface area contributed by atoms with Crippen LogP contribution in [0.1, 0.15) is 85.4 Å². The van der Waals surface area contributed by atoms with E-state index < -0.39 is 0 Å². The summed E-state index contributed by atoms with van der Waals surface area (Å²) in [4.78, 5) is 17.3. The number of nitriles is 1. The van der Waals surface area contributed by atoms with Crippen molar-refractivity contribution in [3.05, 3.63) is 33.5 Å². The van der Waals surface area contributed by atoms with Gasteiger partial charge in [-0.2, -0.15) is 5.26 Å². The van der Waals surface area contributed by atoms with Crippen molar-refractivity contribution >= 4 is 17.2 Å². The van der Waals surface area contributed by atoms with Crippen molar-refractivity contribution in [2.24, 2.45) is 5.41 Å². The van der Waals surface area contributed by atoms with E-state index in [0.717, 1.165) is 24.6 Å². The predicted molar refractivity (Wildman–Crippen MR) is 123 cm³/mol. The number of rotatable bonds is 8. The molecule has 2 saturated carbocycles. The third-order valence-corrected chi connectivity index (χ3v) is 8.90. The maximum absolute atomic E-state index is 12.2. The Hall–Kier alpha value is -2.24. The fourth-order valence-electron chi connectivity index (χ4n) is 6.34. The van der Waals surface area contributed by atoms with E-state index in [1.807, 2.05) is 6.07 Å². The minimum atomic E-state index is -0.182. The molecular weight excluding hydrogens is 420 g/mol. The first-order valence-electron chi connectivity index (χ1n) is 11.7. The van der Waals surface area contributed by atoms with E-state index in [2.05, 4.69) is 64.8 Å². The van der Waals surface area contributed by atoms with Gasteiger partial charge in [0.25, 0.3) is 0 Å². The molecule has 7 nitrogen and oxygen atoms in total. The minimum absolute atomic E-state index is 0.0202. The van der Waals surface area contributed by atoms with Crippen molar-refractivity contribution < 1.29 is 4.79 Å². The summed E-state index contributed by atoms with van der Waals surface area (Å²) in [6, 6.07) is 7.97. The first-order chi connectivity index (χ1) is 15.3. The third kappa shape index (κ3) is 3.46. The quantitative estimate of drug-likeness (QED) is 0.654. The summed E-state index contributed by atoms with van der Waals surface area (Å²) >= 11 is 1.73. The highest BCUT2D eigenvalue weighted by Gasteiger charge is 2.75. The zero-order chi connectivity index (χ0) is 22.6. The number of likely N-dealkylation sites (tertiary alicyclic amines) is 1. The molecule has 3 aliphatic rings. The van der Waals surface area contributed by atoms with E-state index in [9.17, 15) is 4.79 Å². The van der Waals surface area contributed by atoms with Crippen molar-refractivity contribution in [3.63, 3.8) is 0 Å². The smallest absolute Gasteiger partial charge is 0.234 e. The van der Waals surface area contributed by atoms with Crippen LogP contribution >= 0.6 is 11.3 Å². The van der Waals surface area contributed by atoms with Crippen molar-refractivity contribution in [1.29, 1.82) is 5.26 Å². The third-order valence-electron chi connectivity index (χ3n) is 7.78. The van der Waals surface area contributed by atoms with Gasteiger partial charge in [0.15, 0.2) is 0 Å². The average Bonchev–Trinajstić information content (AvgIpc) is 3.06. The summed E-state index contributed by atoms with van der Waals surface area (Å²) in [5.41, 5.74) is 0.495. The van der Waals surface area contributed by atoms with Crippen LogP contribution in [-0.4, -0.2) is 44.2 Å². The molecular formula is C24H32N6OS. The number of hydrogen-bond acceptors (Lipinski definition) is 6. The van der Waals surface area contributed by atoms with Crippen molar-refractivity contribution in [2.75, 3.05) is 6.54 Å². The Kier molecular flexibility index (Phi) is 5.37. The number of thiophene rings is 1. The Morgan fingerprint density at radius 3 is 2.81 bits per heavy atom. The van der Waals surface area contributed by atoms with E-state index in [1.165, 1.54) is 29.0 Å². The summed E-state index contributed by atoms with van der Waals surface area (Å²) in [5, 5.41) is 20.8. The second-order valence-corrected chi connectivity index (χ2v) is 11.4. The zero-order valence-electron chi connectivity index (χ0n) is 19.3. The van der Waals surface area contributed by atoms with Crippen LogP contribution in [0.25, 0.3) is 0 Å². The summed E-state index contributed by atoms with van der Waals surface area (Å²) in [6.07, 6.45) is 4.50. The highest BCUT2D eigenvalue weighted by atomic mass is 32.1. The summed E-state index contributed by atoms with van der Waals surface area (Å²) in [5.74, 6) is 2.35. The molecule has 4 unspecified atom stereocenters. The number of aryl methyl sites for hydroxylation is 2. The molecule has 2 aromatic heterocycles. The van der Waals surface area contributed by atoms with Gasteiger partial charge in [0.2, 0.25) is 5.91 Å². The van der Waals surface area contributed by atoms with Crippen LogP contribution in [0.5, 0.6) is 0 Å². The van der Waals surface area contributed by atoms with Crippen LogP contribution in [0.3, 0.4) is 0 Å². The van der Waals surface area contributed by atoms with E-state index in [4.69, 9.17) is 5.26 Å². The van der Waals surface area contributed by atoms with Crippen LogP contribution in [0.4, 0.5) is 0 Å². The molecule has 0 aromatic carbocycles. The molecule has 1 aliphatic heterocycles. The van der Waals surface area contributed by atoms with Crippen LogP contribution in [-0.2, 0) is 4.79 Å². The van der Waals surface area contributed by atoms with Gasteiger partial charge in [-0.1, -0.05) is 13.8 Å². The van der Waals surface area contributed by atoms with E-state index in [0.29, 0.717) is 29.5 Å². The minimum Gasteiger partial charge on any atom is -0.348 e. The van der Waals surface area contributed by atoms with Crippen LogP contribution in [0.15, 0.2) is 12.1 Å². The van der Waals surface area contributed by atoms with Gasteiger partial charge in [-0.15, -0.1) is 21.5 Å². The summed E-state index contributed by atoms with van der Waals surface area (Å²) < 4.78 is 2.41. The Bertz CT molecular complexity index is 1070. The molecule has 1 saturated heterocycles. The highest BCUT2D eigenvalue weighted by Crippen LogP contribution is 2.72. The van der Waals surface area contributed by atoms with Crippen molar-refractivity contribution in [3.8, 4) is 6.07 Å².